The number of hydrogen-bond acceptors (Lipinski definition) is 8. The third-order valence-corrected chi connectivity index (χ3v) is 4.78. The van der Waals surface area contributed by atoms with E-state index in [4.69, 9.17) is 14.2 Å². The summed E-state index contributed by atoms with van der Waals surface area (Å²) in [5, 5.41) is 10.5. The Morgan fingerprint density at radius 2 is 1.73 bits per heavy atom. The average Bonchev–Trinajstić information content (AvgIpc) is 3.32. The molecule has 33 heavy (non-hydrogen) atoms. The van der Waals surface area contributed by atoms with Crippen molar-refractivity contribution in [2.45, 2.75) is 0 Å². The molecule has 2 aromatic heterocycles. The van der Waals surface area contributed by atoms with Gasteiger partial charge in [0, 0.05) is 30.4 Å². The van der Waals surface area contributed by atoms with Gasteiger partial charge in [-0.1, -0.05) is 0 Å². The minimum Gasteiger partial charge on any atom is -0.497 e. The summed E-state index contributed by atoms with van der Waals surface area (Å²) in [6, 6.07) is 15.0. The maximum absolute atomic E-state index is 12.1. The molecule has 170 valence electrons. The number of benzene rings is 2. The van der Waals surface area contributed by atoms with Crippen LogP contribution in [0.5, 0.6) is 5.75 Å². The molecule has 10 heteroatoms. The molecule has 2 heterocycles. The van der Waals surface area contributed by atoms with E-state index in [1.807, 2.05) is 53.4 Å². The standard InChI is InChI=1S/C23H24N6O4/c1-31-11-12-33-15-21(30)26-17-3-5-18(6-4-17)29(19-7-9-20(32-2)10-8-19)23-24-13-16-14-25-28-22(16)27-23/h3-10,13-14H,11-12,15H2,1-2H3,(H,26,30)(H,24,25,27,28). The minimum atomic E-state index is -0.237. The number of ether oxygens (including phenoxy) is 3. The second kappa shape index (κ2) is 10.5. The molecule has 0 radical (unpaired) electrons. The number of aromatic nitrogens is 4. The molecular formula is C23H24N6O4. The van der Waals surface area contributed by atoms with E-state index in [9.17, 15) is 4.79 Å². The zero-order valence-electron chi connectivity index (χ0n) is 18.3. The fourth-order valence-corrected chi connectivity index (χ4v) is 3.15. The van der Waals surface area contributed by atoms with Gasteiger partial charge in [0.25, 0.3) is 0 Å². The van der Waals surface area contributed by atoms with E-state index >= 15 is 0 Å². The fraction of sp³-hybridized carbons (Fsp3) is 0.217. The van der Waals surface area contributed by atoms with E-state index in [-0.39, 0.29) is 12.5 Å². The number of methoxy groups -OCH3 is 2. The summed E-state index contributed by atoms with van der Waals surface area (Å²) in [6.07, 6.45) is 3.39. The lowest BCUT2D eigenvalue weighted by Crippen LogP contribution is -2.19. The second-order valence-electron chi connectivity index (χ2n) is 7.02. The molecule has 4 aromatic rings. The van der Waals surface area contributed by atoms with Crippen LogP contribution in [0.15, 0.2) is 60.9 Å². The van der Waals surface area contributed by atoms with Crippen LogP contribution in [-0.4, -0.2) is 60.1 Å². The average molecular weight is 448 g/mol. The number of anilines is 4. The zero-order valence-corrected chi connectivity index (χ0v) is 18.3. The van der Waals surface area contributed by atoms with Crippen molar-refractivity contribution >= 4 is 40.0 Å². The second-order valence-corrected chi connectivity index (χ2v) is 7.02. The zero-order chi connectivity index (χ0) is 23.0. The molecule has 0 aliphatic carbocycles. The third-order valence-electron chi connectivity index (χ3n) is 4.78. The number of carbonyl (C=O) groups excluding carboxylic acids is 1. The predicted molar refractivity (Wildman–Crippen MR) is 124 cm³/mol. The first kappa shape index (κ1) is 22.2. The molecule has 0 saturated carbocycles. The lowest BCUT2D eigenvalue weighted by Gasteiger charge is -2.23. The van der Waals surface area contributed by atoms with E-state index in [0.29, 0.717) is 30.5 Å². The lowest BCUT2D eigenvalue weighted by atomic mass is 10.2. The molecule has 0 aliphatic heterocycles. The largest absolute Gasteiger partial charge is 0.497 e. The number of nitrogens with one attached hydrogen (secondary N) is 2. The van der Waals surface area contributed by atoms with E-state index < -0.39 is 0 Å². The first-order valence-corrected chi connectivity index (χ1v) is 10.2. The molecule has 0 aliphatic rings. The summed E-state index contributed by atoms with van der Waals surface area (Å²) in [5.41, 5.74) is 2.95. The Balaban J connectivity index is 1.58. The normalized spacial score (nSPS) is 10.8. The Morgan fingerprint density at radius 3 is 2.42 bits per heavy atom. The van der Waals surface area contributed by atoms with Crippen molar-refractivity contribution < 1.29 is 19.0 Å². The van der Waals surface area contributed by atoms with Crippen LogP contribution in [-0.2, 0) is 14.3 Å². The predicted octanol–water partition coefficient (Wildman–Crippen LogP) is 3.43. The summed E-state index contributed by atoms with van der Waals surface area (Å²) >= 11 is 0. The molecule has 0 spiro atoms. The number of nitrogens with zero attached hydrogens (tertiary/aromatic N) is 4. The van der Waals surface area contributed by atoms with Crippen molar-refractivity contribution in [3.05, 3.63) is 60.9 Å². The maximum atomic E-state index is 12.1. The van der Waals surface area contributed by atoms with Crippen molar-refractivity contribution in [1.29, 1.82) is 0 Å². The topological polar surface area (TPSA) is 114 Å². The Kier molecular flexibility index (Phi) is 7.08. The first-order chi connectivity index (χ1) is 16.2. The number of H-pyrrole nitrogens is 1. The number of amides is 1. The van der Waals surface area contributed by atoms with Gasteiger partial charge in [0.2, 0.25) is 11.9 Å². The summed E-state index contributed by atoms with van der Waals surface area (Å²) in [4.78, 5) is 23.1. The molecule has 0 unspecified atom stereocenters. The lowest BCUT2D eigenvalue weighted by molar-refractivity contribution is -0.121. The molecular weight excluding hydrogens is 424 g/mol. The van der Waals surface area contributed by atoms with Gasteiger partial charge >= 0.3 is 0 Å². The molecule has 2 aromatic carbocycles. The maximum Gasteiger partial charge on any atom is 0.250 e. The Labute approximate surface area is 190 Å². The summed E-state index contributed by atoms with van der Waals surface area (Å²) in [7, 11) is 3.20. The highest BCUT2D eigenvalue weighted by atomic mass is 16.5. The van der Waals surface area contributed by atoms with E-state index in [2.05, 4.69) is 25.5 Å². The van der Waals surface area contributed by atoms with Gasteiger partial charge in [-0.05, 0) is 48.5 Å². The number of aromatic amines is 1. The van der Waals surface area contributed by atoms with Gasteiger partial charge in [-0.3, -0.25) is 14.8 Å². The van der Waals surface area contributed by atoms with Crippen molar-refractivity contribution in [2.24, 2.45) is 0 Å². The third kappa shape index (κ3) is 5.43. The van der Waals surface area contributed by atoms with Gasteiger partial charge in [-0.25, -0.2) is 4.98 Å². The Bertz CT molecular complexity index is 1190. The van der Waals surface area contributed by atoms with E-state index in [1.165, 1.54) is 0 Å². The molecule has 1 amide bonds. The summed E-state index contributed by atoms with van der Waals surface area (Å²) < 4.78 is 15.4. The van der Waals surface area contributed by atoms with Crippen LogP contribution >= 0.6 is 0 Å². The molecule has 0 atom stereocenters. The van der Waals surface area contributed by atoms with Crippen LogP contribution in [0.3, 0.4) is 0 Å². The highest BCUT2D eigenvalue weighted by Crippen LogP contribution is 2.34. The Morgan fingerprint density at radius 1 is 1.00 bits per heavy atom. The van der Waals surface area contributed by atoms with Gasteiger partial charge in [0.1, 0.15) is 12.4 Å². The van der Waals surface area contributed by atoms with Crippen LogP contribution in [0.4, 0.5) is 23.0 Å². The van der Waals surface area contributed by atoms with E-state index in [0.717, 1.165) is 22.5 Å². The molecule has 0 saturated heterocycles. The Hall–Kier alpha value is -4.02. The molecule has 10 nitrogen and oxygen atoms in total. The highest BCUT2D eigenvalue weighted by Gasteiger charge is 2.17. The van der Waals surface area contributed by atoms with Crippen LogP contribution in [0.25, 0.3) is 11.0 Å². The summed E-state index contributed by atoms with van der Waals surface area (Å²) in [5.74, 6) is 0.980. The molecule has 4 rings (SSSR count). The van der Waals surface area contributed by atoms with Crippen molar-refractivity contribution in [2.75, 3.05) is 44.3 Å². The molecule has 2 N–H and O–H groups in total. The van der Waals surface area contributed by atoms with Crippen LogP contribution in [0, 0.1) is 0 Å². The molecule has 0 fully saturated rings. The monoisotopic (exact) mass is 448 g/mol. The van der Waals surface area contributed by atoms with Gasteiger partial charge in [-0.15, -0.1) is 0 Å². The van der Waals surface area contributed by atoms with Crippen LogP contribution in [0.1, 0.15) is 0 Å². The number of rotatable bonds is 10. The van der Waals surface area contributed by atoms with E-state index in [1.54, 1.807) is 26.6 Å². The smallest absolute Gasteiger partial charge is 0.250 e. The van der Waals surface area contributed by atoms with Gasteiger partial charge in [0.15, 0.2) is 5.65 Å². The van der Waals surface area contributed by atoms with Crippen LogP contribution in [0.2, 0.25) is 0 Å². The van der Waals surface area contributed by atoms with Crippen molar-refractivity contribution in [3.8, 4) is 5.75 Å². The number of carbonyl (C=O) groups is 1. The first-order valence-electron chi connectivity index (χ1n) is 10.2. The van der Waals surface area contributed by atoms with Crippen LogP contribution < -0.4 is 15.0 Å². The SMILES string of the molecule is COCCOCC(=O)Nc1ccc(N(c2ccc(OC)cc2)c2ncc3cn[nH]c3n2)cc1. The minimum absolute atomic E-state index is 0.0406. The van der Waals surface area contributed by atoms with Crippen molar-refractivity contribution in [1.82, 2.24) is 20.2 Å². The van der Waals surface area contributed by atoms with Gasteiger partial charge in [0.05, 0.1) is 31.9 Å². The number of hydrogen-bond donors (Lipinski definition) is 2. The quantitative estimate of drug-likeness (QED) is 0.355. The number of fused-ring (bicyclic) bond motifs is 1. The highest BCUT2D eigenvalue weighted by molar-refractivity contribution is 5.92. The van der Waals surface area contributed by atoms with Gasteiger partial charge < -0.3 is 19.5 Å². The van der Waals surface area contributed by atoms with Gasteiger partial charge in [-0.2, -0.15) is 10.1 Å². The fourth-order valence-electron chi connectivity index (χ4n) is 3.15. The summed E-state index contributed by atoms with van der Waals surface area (Å²) in [6.45, 7) is 0.761. The van der Waals surface area contributed by atoms with Crippen molar-refractivity contribution in [3.63, 3.8) is 0 Å². The molecule has 0 bridgehead atoms.